The smallest absolute Gasteiger partial charge is 0.256 e. The third-order valence-corrected chi connectivity index (χ3v) is 4.36. The molecule has 3 rings (SSSR count). The molecule has 0 aromatic carbocycles. The lowest BCUT2D eigenvalue weighted by Crippen LogP contribution is -2.43. The number of rotatable bonds is 5. The average Bonchev–Trinajstić information content (AvgIpc) is 3.17. The highest BCUT2D eigenvalue weighted by Crippen LogP contribution is 2.14. The summed E-state index contributed by atoms with van der Waals surface area (Å²) in [5.74, 6) is 0.726. The molecular weight excluding hydrogens is 290 g/mol. The van der Waals surface area contributed by atoms with Crippen LogP contribution in [0.4, 0.5) is 0 Å². The van der Waals surface area contributed by atoms with Crippen LogP contribution >= 0.6 is 0 Å². The van der Waals surface area contributed by atoms with E-state index in [4.69, 9.17) is 0 Å². The number of hydrogen-bond acceptors (Lipinski definition) is 3. The van der Waals surface area contributed by atoms with Crippen LogP contribution in [0.5, 0.6) is 0 Å². The van der Waals surface area contributed by atoms with Crippen LogP contribution in [0.2, 0.25) is 0 Å². The van der Waals surface area contributed by atoms with Crippen LogP contribution in [0.15, 0.2) is 30.7 Å². The molecule has 0 aliphatic carbocycles. The van der Waals surface area contributed by atoms with E-state index in [1.54, 1.807) is 10.9 Å². The van der Waals surface area contributed by atoms with Gasteiger partial charge in [-0.2, -0.15) is 5.10 Å². The first-order valence-electron chi connectivity index (χ1n) is 8.33. The number of aryl methyl sites for hydroxylation is 1. The van der Waals surface area contributed by atoms with E-state index >= 15 is 0 Å². The first kappa shape index (κ1) is 15.8. The fraction of sp³-hybridized carbons (Fsp3) is 0.529. The van der Waals surface area contributed by atoms with Gasteiger partial charge in [0.1, 0.15) is 11.4 Å². The van der Waals surface area contributed by atoms with E-state index < -0.39 is 0 Å². The molecule has 0 radical (unpaired) electrons. The lowest BCUT2D eigenvalue weighted by atomic mass is 10.1. The van der Waals surface area contributed by atoms with Gasteiger partial charge in [-0.15, -0.1) is 0 Å². The molecule has 0 saturated carbocycles. The number of likely N-dealkylation sites (tertiary alicyclic amines) is 1. The Morgan fingerprint density at radius 1 is 1.26 bits per heavy atom. The van der Waals surface area contributed by atoms with Gasteiger partial charge in [-0.05, 0) is 45.0 Å². The Kier molecular flexibility index (Phi) is 4.81. The minimum atomic E-state index is -0.0636. The van der Waals surface area contributed by atoms with Crippen molar-refractivity contribution in [1.82, 2.24) is 24.6 Å². The van der Waals surface area contributed by atoms with E-state index in [1.165, 1.54) is 19.3 Å². The minimum Gasteiger partial charge on any atom is -0.348 e. The van der Waals surface area contributed by atoms with E-state index in [0.29, 0.717) is 5.56 Å². The zero-order chi connectivity index (χ0) is 16.2. The molecule has 1 aliphatic rings. The molecular formula is C17H25N5O. The van der Waals surface area contributed by atoms with Crippen LogP contribution < -0.4 is 5.32 Å². The maximum atomic E-state index is 12.6. The average molecular weight is 315 g/mol. The van der Waals surface area contributed by atoms with Crippen LogP contribution in [0.3, 0.4) is 0 Å². The van der Waals surface area contributed by atoms with Crippen molar-refractivity contribution in [3.63, 3.8) is 0 Å². The highest BCUT2D eigenvalue weighted by molar-refractivity contribution is 5.97. The third kappa shape index (κ3) is 3.64. The minimum absolute atomic E-state index is 0.0636. The van der Waals surface area contributed by atoms with Crippen molar-refractivity contribution in [3.8, 4) is 5.82 Å². The summed E-state index contributed by atoms with van der Waals surface area (Å²) in [6, 6.07) is 4.00. The van der Waals surface area contributed by atoms with Crippen molar-refractivity contribution in [1.29, 1.82) is 0 Å². The highest BCUT2D eigenvalue weighted by atomic mass is 16.1. The van der Waals surface area contributed by atoms with E-state index in [2.05, 4.69) is 22.2 Å². The Morgan fingerprint density at radius 3 is 2.65 bits per heavy atom. The lowest BCUT2D eigenvalue weighted by Gasteiger charge is -2.29. The summed E-state index contributed by atoms with van der Waals surface area (Å²) in [7, 11) is 1.85. The van der Waals surface area contributed by atoms with Gasteiger partial charge in [0.2, 0.25) is 0 Å². The van der Waals surface area contributed by atoms with Crippen molar-refractivity contribution in [2.75, 3.05) is 19.6 Å². The van der Waals surface area contributed by atoms with E-state index in [9.17, 15) is 4.79 Å². The van der Waals surface area contributed by atoms with Crippen LogP contribution in [0.1, 0.15) is 36.5 Å². The predicted octanol–water partition coefficient (Wildman–Crippen LogP) is 1.81. The van der Waals surface area contributed by atoms with Gasteiger partial charge in [0.05, 0.1) is 6.20 Å². The SMILES string of the molecule is C[C@@H](CN1CCCCC1)NC(=O)c1cnn(C)c1-n1cccc1. The molecule has 0 unspecified atom stereocenters. The molecule has 2 aromatic rings. The van der Waals surface area contributed by atoms with Crippen molar-refractivity contribution in [2.24, 2.45) is 7.05 Å². The molecule has 0 bridgehead atoms. The van der Waals surface area contributed by atoms with Crippen molar-refractivity contribution >= 4 is 5.91 Å². The molecule has 0 spiro atoms. The van der Waals surface area contributed by atoms with Gasteiger partial charge in [-0.25, -0.2) is 0 Å². The summed E-state index contributed by atoms with van der Waals surface area (Å²) >= 11 is 0. The largest absolute Gasteiger partial charge is 0.348 e. The second kappa shape index (κ2) is 7.00. The van der Waals surface area contributed by atoms with Crippen molar-refractivity contribution in [2.45, 2.75) is 32.2 Å². The summed E-state index contributed by atoms with van der Waals surface area (Å²) in [6.45, 7) is 5.26. The Balaban J connectivity index is 1.66. The maximum Gasteiger partial charge on any atom is 0.256 e. The maximum absolute atomic E-state index is 12.6. The molecule has 6 nitrogen and oxygen atoms in total. The Morgan fingerprint density at radius 2 is 1.96 bits per heavy atom. The third-order valence-electron chi connectivity index (χ3n) is 4.36. The molecule has 3 heterocycles. The molecule has 1 saturated heterocycles. The number of aromatic nitrogens is 3. The quantitative estimate of drug-likeness (QED) is 0.915. The van der Waals surface area contributed by atoms with Gasteiger partial charge >= 0.3 is 0 Å². The summed E-state index contributed by atoms with van der Waals surface area (Å²) < 4.78 is 3.64. The zero-order valence-corrected chi connectivity index (χ0v) is 13.9. The second-order valence-corrected chi connectivity index (χ2v) is 6.33. The predicted molar refractivity (Wildman–Crippen MR) is 89.8 cm³/mol. The molecule has 23 heavy (non-hydrogen) atoms. The molecule has 1 fully saturated rings. The summed E-state index contributed by atoms with van der Waals surface area (Å²) in [4.78, 5) is 15.1. The van der Waals surface area contributed by atoms with Gasteiger partial charge in [0.25, 0.3) is 5.91 Å². The standard InChI is InChI=1S/C17H25N5O/c1-14(13-21-8-4-3-5-9-21)19-16(23)15-12-18-20(2)17(15)22-10-6-7-11-22/h6-7,10-12,14H,3-5,8-9,13H2,1-2H3,(H,19,23)/t14-/m0/s1. The van der Waals surface area contributed by atoms with Gasteiger partial charge in [0.15, 0.2) is 0 Å². The topological polar surface area (TPSA) is 55.1 Å². The lowest BCUT2D eigenvalue weighted by molar-refractivity contribution is 0.0925. The Bertz CT molecular complexity index is 640. The van der Waals surface area contributed by atoms with Crippen LogP contribution in [0, 0.1) is 0 Å². The molecule has 124 valence electrons. The fourth-order valence-corrected chi connectivity index (χ4v) is 3.25. The van der Waals surface area contributed by atoms with Gasteiger partial charge in [-0.1, -0.05) is 6.42 Å². The van der Waals surface area contributed by atoms with E-state index in [-0.39, 0.29) is 11.9 Å². The number of nitrogens with zero attached hydrogens (tertiary/aromatic N) is 4. The van der Waals surface area contributed by atoms with Crippen LogP contribution in [0.25, 0.3) is 5.82 Å². The summed E-state index contributed by atoms with van der Waals surface area (Å²) in [5.41, 5.74) is 0.606. The fourth-order valence-electron chi connectivity index (χ4n) is 3.25. The molecule has 6 heteroatoms. The molecule has 1 aliphatic heterocycles. The summed E-state index contributed by atoms with van der Waals surface area (Å²) in [6.07, 6.45) is 9.34. The van der Waals surface area contributed by atoms with Crippen molar-refractivity contribution < 1.29 is 4.79 Å². The number of hydrogen-bond donors (Lipinski definition) is 1. The van der Waals surface area contributed by atoms with Gasteiger partial charge in [-0.3, -0.25) is 9.48 Å². The number of carbonyl (C=O) groups is 1. The molecule has 1 amide bonds. The molecule has 1 N–H and O–H groups in total. The monoisotopic (exact) mass is 315 g/mol. The first-order chi connectivity index (χ1) is 11.1. The van der Waals surface area contributed by atoms with E-state index in [0.717, 1.165) is 25.5 Å². The second-order valence-electron chi connectivity index (χ2n) is 6.33. The molecule has 2 aromatic heterocycles. The number of nitrogens with one attached hydrogen (secondary N) is 1. The Labute approximate surface area is 137 Å². The number of carbonyl (C=O) groups excluding carboxylic acids is 1. The Hall–Kier alpha value is -2.08. The van der Waals surface area contributed by atoms with E-state index in [1.807, 2.05) is 36.1 Å². The van der Waals surface area contributed by atoms with Gasteiger partial charge in [0, 0.05) is 32.0 Å². The first-order valence-corrected chi connectivity index (χ1v) is 8.33. The number of amides is 1. The van der Waals surface area contributed by atoms with Crippen molar-refractivity contribution in [3.05, 3.63) is 36.3 Å². The normalized spacial score (nSPS) is 17.1. The number of piperidine rings is 1. The van der Waals surface area contributed by atoms with Gasteiger partial charge < -0.3 is 14.8 Å². The van der Waals surface area contributed by atoms with Crippen LogP contribution in [-0.4, -0.2) is 50.8 Å². The zero-order valence-electron chi connectivity index (χ0n) is 13.9. The molecule has 1 atom stereocenters. The van der Waals surface area contributed by atoms with Crippen LogP contribution in [-0.2, 0) is 7.05 Å². The highest BCUT2D eigenvalue weighted by Gasteiger charge is 2.20. The summed E-state index contributed by atoms with van der Waals surface area (Å²) in [5, 5.41) is 7.35.